The molecule has 9 heteroatoms. The summed E-state index contributed by atoms with van der Waals surface area (Å²) in [4.78, 5) is 4.66. The molecule has 0 atom stereocenters. The number of nitrogens with one attached hydrogen (secondary N) is 3. The first-order valence-corrected chi connectivity index (χ1v) is 12.4. The molecule has 3 N–H and O–H groups in total. The molecule has 0 radical (unpaired) electrons. The Hall–Kier alpha value is -1.85. The minimum atomic E-state index is -3.30. The zero-order chi connectivity index (χ0) is 22.1. The van der Waals surface area contributed by atoms with Gasteiger partial charge in [0.05, 0.1) is 18.9 Å². The van der Waals surface area contributed by atoms with Crippen LogP contribution in [-0.2, 0) is 28.9 Å². The van der Waals surface area contributed by atoms with Gasteiger partial charge in [0.2, 0.25) is 10.0 Å². The first-order chi connectivity index (χ1) is 15.0. The number of ether oxygens (including phenoxy) is 1. The predicted molar refractivity (Wildman–Crippen MR) is 140 cm³/mol. The van der Waals surface area contributed by atoms with E-state index in [9.17, 15) is 8.42 Å². The zero-order valence-electron chi connectivity index (χ0n) is 18.6. The summed E-state index contributed by atoms with van der Waals surface area (Å²) < 4.78 is 31.9. The van der Waals surface area contributed by atoms with Crippen LogP contribution in [0.3, 0.4) is 0 Å². The summed E-state index contributed by atoms with van der Waals surface area (Å²) in [5.74, 6) is 2.28. The van der Waals surface area contributed by atoms with E-state index < -0.39 is 10.0 Å². The number of hydrogen-bond donors (Lipinski definition) is 3. The minimum Gasteiger partial charge on any atom is -0.493 e. The van der Waals surface area contributed by atoms with Crippen molar-refractivity contribution in [2.24, 2.45) is 10.9 Å². The summed E-state index contributed by atoms with van der Waals surface area (Å²) in [7, 11) is -1.88. The van der Waals surface area contributed by atoms with Gasteiger partial charge in [-0.2, -0.15) is 0 Å². The lowest BCUT2D eigenvalue weighted by molar-refractivity contribution is 0.296. The van der Waals surface area contributed by atoms with Gasteiger partial charge in [-0.1, -0.05) is 42.5 Å². The molecule has 1 fully saturated rings. The number of halogens is 1. The largest absolute Gasteiger partial charge is 0.493 e. The van der Waals surface area contributed by atoms with Crippen molar-refractivity contribution in [2.45, 2.75) is 38.6 Å². The van der Waals surface area contributed by atoms with Crippen LogP contribution in [0.1, 0.15) is 36.5 Å². The van der Waals surface area contributed by atoms with E-state index in [1.807, 2.05) is 49.4 Å². The number of nitrogens with zero attached hydrogens (tertiary/aromatic N) is 1. The third-order valence-corrected chi connectivity index (χ3v) is 6.35. The van der Waals surface area contributed by atoms with Crippen LogP contribution in [0.4, 0.5) is 0 Å². The van der Waals surface area contributed by atoms with E-state index in [-0.39, 0.29) is 29.7 Å². The van der Waals surface area contributed by atoms with E-state index in [1.54, 1.807) is 0 Å². The van der Waals surface area contributed by atoms with Gasteiger partial charge < -0.3 is 15.4 Å². The summed E-state index contributed by atoms with van der Waals surface area (Å²) in [6, 6.07) is 15.6. The molecular formula is C23H33IN4O3S. The summed E-state index contributed by atoms with van der Waals surface area (Å²) in [5.41, 5.74) is 2.78. The van der Waals surface area contributed by atoms with Gasteiger partial charge in [-0.15, -0.1) is 24.0 Å². The van der Waals surface area contributed by atoms with Crippen LogP contribution in [-0.4, -0.2) is 34.6 Å². The van der Waals surface area contributed by atoms with Crippen LogP contribution in [0.5, 0.6) is 5.75 Å². The molecule has 0 saturated heterocycles. The van der Waals surface area contributed by atoms with E-state index >= 15 is 0 Å². The van der Waals surface area contributed by atoms with Crippen molar-refractivity contribution in [1.29, 1.82) is 0 Å². The number of guanidine groups is 1. The highest BCUT2D eigenvalue weighted by molar-refractivity contribution is 14.0. The highest BCUT2D eigenvalue weighted by atomic mass is 127. The Morgan fingerprint density at radius 1 is 1.09 bits per heavy atom. The molecule has 32 heavy (non-hydrogen) atoms. The molecule has 176 valence electrons. The molecule has 0 spiro atoms. The van der Waals surface area contributed by atoms with Crippen molar-refractivity contribution in [2.75, 3.05) is 20.2 Å². The maximum Gasteiger partial charge on any atom is 0.215 e. The Kier molecular flexibility index (Phi) is 10.7. The lowest BCUT2D eigenvalue weighted by Gasteiger charge is -2.15. The van der Waals surface area contributed by atoms with Gasteiger partial charge in [0.25, 0.3) is 0 Å². The van der Waals surface area contributed by atoms with Crippen molar-refractivity contribution in [1.82, 2.24) is 15.4 Å². The van der Waals surface area contributed by atoms with Crippen molar-refractivity contribution in [3.05, 3.63) is 65.2 Å². The number of para-hydroxylation sites is 1. The van der Waals surface area contributed by atoms with Gasteiger partial charge in [0.15, 0.2) is 5.96 Å². The van der Waals surface area contributed by atoms with Crippen molar-refractivity contribution in [3.8, 4) is 5.75 Å². The molecule has 0 aromatic heterocycles. The highest BCUT2D eigenvalue weighted by Crippen LogP contribution is 2.30. The third-order valence-electron chi connectivity index (χ3n) is 5.01. The summed E-state index contributed by atoms with van der Waals surface area (Å²) in [6.07, 6.45) is 2.53. The maximum atomic E-state index is 11.8. The first-order valence-electron chi connectivity index (χ1n) is 10.7. The number of hydrogen-bond acceptors (Lipinski definition) is 4. The fourth-order valence-electron chi connectivity index (χ4n) is 3.08. The first kappa shape index (κ1) is 26.4. The molecule has 2 aromatic rings. The normalized spacial score (nSPS) is 13.9. The number of benzene rings is 2. The molecule has 0 heterocycles. The van der Waals surface area contributed by atoms with Crippen molar-refractivity contribution >= 4 is 40.0 Å². The zero-order valence-corrected chi connectivity index (χ0v) is 21.8. The van der Waals surface area contributed by atoms with E-state index in [4.69, 9.17) is 4.74 Å². The van der Waals surface area contributed by atoms with Gasteiger partial charge in [0.1, 0.15) is 5.75 Å². The average molecular weight is 573 g/mol. The average Bonchev–Trinajstić information content (AvgIpc) is 3.59. The van der Waals surface area contributed by atoms with Gasteiger partial charge in [-0.05, 0) is 49.9 Å². The molecule has 0 bridgehead atoms. The van der Waals surface area contributed by atoms with E-state index in [0.29, 0.717) is 25.0 Å². The standard InChI is InChI=1S/C23H32N4O3S.HI/c1-3-25-23(26-14-19-7-6-8-20(13-19)17-31(28,29)24-2)27-15-21-9-4-5-10-22(21)30-16-18-11-12-18;/h4-10,13,18,24H,3,11-12,14-17H2,1-2H3,(H2,25,26,27);1H. The topological polar surface area (TPSA) is 91.8 Å². The Balaban J connectivity index is 0.00000363. The van der Waals surface area contributed by atoms with E-state index in [1.165, 1.54) is 19.9 Å². The molecule has 0 amide bonds. The molecule has 0 unspecified atom stereocenters. The van der Waals surface area contributed by atoms with Crippen molar-refractivity contribution < 1.29 is 13.2 Å². The van der Waals surface area contributed by atoms with Crippen LogP contribution in [0, 0.1) is 5.92 Å². The van der Waals surface area contributed by atoms with Crippen LogP contribution in [0.2, 0.25) is 0 Å². The SMILES string of the molecule is CCNC(=NCc1cccc(CS(=O)(=O)NC)c1)NCc1ccccc1OCC1CC1.I. The fourth-order valence-corrected chi connectivity index (χ4v) is 3.85. The predicted octanol–water partition coefficient (Wildman–Crippen LogP) is 3.40. The molecule has 7 nitrogen and oxygen atoms in total. The fraction of sp³-hybridized carbons (Fsp3) is 0.435. The van der Waals surface area contributed by atoms with Crippen LogP contribution in [0.25, 0.3) is 0 Å². The minimum absolute atomic E-state index is 0. The van der Waals surface area contributed by atoms with E-state index in [2.05, 4.69) is 26.4 Å². The molecule has 1 aliphatic rings. The molecular weight excluding hydrogens is 539 g/mol. The second-order valence-electron chi connectivity index (χ2n) is 7.69. The third kappa shape index (κ3) is 8.95. The number of aliphatic imine (C=N–C) groups is 1. The highest BCUT2D eigenvalue weighted by Gasteiger charge is 2.22. The lowest BCUT2D eigenvalue weighted by Crippen LogP contribution is -2.36. The molecule has 1 aliphatic carbocycles. The number of rotatable bonds is 11. The second kappa shape index (κ2) is 13.0. The Morgan fingerprint density at radius 3 is 2.56 bits per heavy atom. The van der Waals surface area contributed by atoms with Crippen LogP contribution < -0.4 is 20.1 Å². The summed E-state index contributed by atoms with van der Waals surface area (Å²) in [6.45, 7) is 4.60. The Labute approximate surface area is 208 Å². The lowest BCUT2D eigenvalue weighted by atomic mass is 10.1. The van der Waals surface area contributed by atoms with Crippen LogP contribution >= 0.6 is 24.0 Å². The van der Waals surface area contributed by atoms with Gasteiger partial charge in [-0.3, -0.25) is 0 Å². The molecule has 3 rings (SSSR count). The molecule has 0 aliphatic heterocycles. The van der Waals surface area contributed by atoms with Gasteiger partial charge >= 0.3 is 0 Å². The molecule has 2 aromatic carbocycles. The Bertz CT molecular complexity index is 994. The number of sulfonamides is 1. The van der Waals surface area contributed by atoms with Crippen molar-refractivity contribution in [3.63, 3.8) is 0 Å². The molecule has 1 saturated carbocycles. The smallest absolute Gasteiger partial charge is 0.215 e. The summed E-state index contributed by atoms with van der Waals surface area (Å²) >= 11 is 0. The monoisotopic (exact) mass is 572 g/mol. The van der Waals surface area contributed by atoms with Gasteiger partial charge in [-0.25, -0.2) is 18.1 Å². The van der Waals surface area contributed by atoms with Gasteiger partial charge in [0, 0.05) is 18.7 Å². The summed E-state index contributed by atoms with van der Waals surface area (Å²) in [5, 5.41) is 6.62. The van der Waals surface area contributed by atoms with Crippen LogP contribution in [0.15, 0.2) is 53.5 Å². The van der Waals surface area contributed by atoms with E-state index in [0.717, 1.165) is 35.6 Å². The quantitative estimate of drug-likeness (QED) is 0.218. The Morgan fingerprint density at radius 2 is 1.84 bits per heavy atom. The maximum absolute atomic E-state index is 11.8. The second-order valence-corrected chi connectivity index (χ2v) is 9.62.